The van der Waals surface area contributed by atoms with Crippen LogP contribution in [-0.4, -0.2) is 20.4 Å². The van der Waals surface area contributed by atoms with Crippen LogP contribution in [0.25, 0.3) is 0 Å². The average Bonchev–Trinajstić information content (AvgIpc) is 2.54. The van der Waals surface area contributed by atoms with Gasteiger partial charge in [-0.25, -0.2) is 0 Å². The molecule has 0 saturated carbocycles. The Hall–Kier alpha value is -1.46. The lowest BCUT2D eigenvalue weighted by molar-refractivity contribution is -0.0922. The summed E-state index contributed by atoms with van der Waals surface area (Å²) in [5.41, 5.74) is 0.975. The van der Waals surface area contributed by atoms with E-state index in [0.29, 0.717) is 16.7 Å². The molecule has 1 unspecified atom stereocenters. The Morgan fingerprint density at radius 1 is 1.14 bits per heavy atom. The summed E-state index contributed by atoms with van der Waals surface area (Å²) in [7, 11) is 0. The number of phenols is 3. The first-order valence-corrected chi connectivity index (χ1v) is 4.10. The lowest BCUT2D eigenvalue weighted by atomic mass is 10.0. The van der Waals surface area contributed by atoms with Gasteiger partial charge in [0.1, 0.15) is 0 Å². The normalized spacial score (nSPS) is 19.7. The Bertz CT molecular complexity index is 399. The Morgan fingerprint density at radius 2 is 1.79 bits per heavy atom. The summed E-state index contributed by atoms with van der Waals surface area (Å²) in [6.07, 6.45) is -1.15. The lowest BCUT2D eigenvalue weighted by Crippen LogP contribution is -1.96. The van der Waals surface area contributed by atoms with E-state index in [1.54, 1.807) is 0 Å². The molecule has 1 heterocycles. The third-order valence-corrected chi connectivity index (χ3v) is 2.45. The fourth-order valence-electron chi connectivity index (χ4n) is 1.64. The second-order valence-electron chi connectivity index (χ2n) is 3.23. The van der Waals surface area contributed by atoms with E-state index in [4.69, 9.17) is 4.74 Å². The predicted octanol–water partition coefficient (Wildman–Crippen LogP) is 0.633. The van der Waals surface area contributed by atoms with Crippen LogP contribution < -0.4 is 0 Å². The van der Waals surface area contributed by atoms with Crippen molar-refractivity contribution in [1.29, 1.82) is 0 Å². The molecule has 1 aromatic rings. The smallest absolute Gasteiger partial charge is 0.200 e. The van der Waals surface area contributed by atoms with Gasteiger partial charge in [-0.2, -0.15) is 0 Å². The van der Waals surface area contributed by atoms with Crippen LogP contribution in [0, 0.1) is 6.92 Å². The fourth-order valence-corrected chi connectivity index (χ4v) is 1.64. The van der Waals surface area contributed by atoms with Gasteiger partial charge in [0, 0.05) is 16.7 Å². The molecule has 2 rings (SSSR count). The highest BCUT2D eigenvalue weighted by Crippen LogP contribution is 2.48. The van der Waals surface area contributed by atoms with Gasteiger partial charge in [0.25, 0.3) is 0 Å². The number of hydrogen-bond donors (Lipinski definition) is 4. The minimum atomic E-state index is -1.15. The molecule has 5 nitrogen and oxygen atoms in total. The third-order valence-electron chi connectivity index (χ3n) is 2.45. The lowest BCUT2D eigenvalue weighted by Gasteiger charge is -2.11. The summed E-state index contributed by atoms with van der Waals surface area (Å²) in [4.78, 5) is 0. The number of benzene rings is 1. The number of aromatic hydroxyl groups is 3. The molecule has 0 radical (unpaired) electrons. The highest BCUT2D eigenvalue weighted by atomic mass is 16.6. The highest BCUT2D eigenvalue weighted by Gasteiger charge is 2.30. The standard InChI is InChI=1S/C9H10O5/c1-3-5-4(2-14-9(5)13)7(11)8(12)6(3)10/h9-13H,2H2,1H3. The number of fused-ring (bicyclic) bond motifs is 1. The summed E-state index contributed by atoms with van der Waals surface area (Å²) < 4.78 is 4.87. The maximum Gasteiger partial charge on any atom is 0.200 e. The van der Waals surface area contributed by atoms with Gasteiger partial charge in [-0.05, 0) is 6.92 Å². The SMILES string of the molecule is Cc1c(O)c(O)c(O)c2c1C(O)OC2. The molecule has 0 spiro atoms. The minimum absolute atomic E-state index is 0.0248. The van der Waals surface area contributed by atoms with Gasteiger partial charge in [-0.1, -0.05) is 0 Å². The van der Waals surface area contributed by atoms with E-state index in [-0.39, 0.29) is 6.61 Å². The van der Waals surface area contributed by atoms with Crippen molar-refractivity contribution < 1.29 is 25.2 Å². The predicted molar refractivity (Wildman–Crippen MR) is 45.9 cm³/mol. The van der Waals surface area contributed by atoms with Gasteiger partial charge in [0.2, 0.25) is 5.75 Å². The van der Waals surface area contributed by atoms with E-state index in [2.05, 4.69) is 0 Å². The van der Waals surface area contributed by atoms with Crippen molar-refractivity contribution in [3.8, 4) is 17.2 Å². The maximum atomic E-state index is 9.44. The van der Waals surface area contributed by atoms with Gasteiger partial charge in [-0.3, -0.25) is 0 Å². The summed E-state index contributed by atoms with van der Waals surface area (Å²) in [5, 5.41) is 37.5. The van der Waals surface area contributed by atoms with E-state index < -0.39 is 23.5 Å². The van der Waals surface area contributed by atoms with Crippen molar-refractivity contribution in [2.75, 3.05) is 0 Å². The highest BCUT2D eigenvalue weighted by molar-refractivity contribution is 5.62. The molecule has 1 aliphatic heterocycles. The summed E-state index contributed by atoms with van der Waals surface area (Å²) in [6.45, 7) is 1.56. The van der Waals surface area contributed by atoms with Crippen molar-refractivity contribution in [2.45, 2.75) is 19.8 Å². The van der Waals surface area contributed by atoms with Crippen LogP contribution in [0.4, 0.5) is 0 Å². The van der Waals surface area contributed by atoms with Gasteiger partial charge in [0.15, 0.2) is 17.8 Å². The molecule has 76 valence electrons. The van der Waals surface area contributed by atoms with Crippen molar-refractivity contribution in [1.82, 2.24) is 0 Å². The molecule has 4 N–H and O–H groups in total. The number of rotatable bonds is 0. The third kappa shape index (κ3) is 0.964. The largest absolute Gasteiger partial charge is 0.504 e. The first-order chi connectivity index (χ1) is 6.54. The van der Waals surface area contributed by atoms with Crippen molar-refractivity contribution in [3.05, 3.63) is 16.7 Å². The Kier molecular flexibility index (Phi) is 1.80. The summed E-state index contributed by atoms with van der Waals surface area (Å²) in [6, 6.07) is 0. The molecule has 0 bridgehead atoms. The molecular weight excluding hydrogens is 188 g/mol. The molecule has 0 amide bonds. The van der Waals surface area contributed by atoms with Crippen molar-refractivity contribution in [3.63, 3.8) is 0 Å². The van der Waals surface area contributed by atoms with Crippen molar-refractivity contribution in [2.24, 2.45) is 0 Å². The van der Waals surface area contributed by atoms with Crippen LogP contribution in [0.2, 0.25) is 0 Å². The summed E-state index contributed by atoms with van der Waals surface area (Å²) >= 11 is 0. The zero-order chi connectivity index (χ0) is 10.5. The van der Waals surface area contributed by atoms with Crippen LogP contribution in [0.3, 0.4) is 0 Å². The maximum absolute atomic E-state index is 9.44. The zero-order valence-corrected chi connectivity index (χ0v) is 7.48. The Labute approximate surface area is 79.8 Å². The van der Waals surface area contributed by atoms with Crippen LogP contribution in [0.15, 0.2) is 0 Å². The van der Waals surface area contributed by atoms with Gasteiger partial charge >= 0.3 is 0 Å². The number of aliphatic hydroxyl groups is 1. The molecule has 0 fully saturated rings. The molecule has 0 aliphatic carbocycles. The first-order valence-electron chi connectivity index (χ1n) is 4.10. The van der Waals surface area contributed by atoms with Crippen LogP contribution in [0.5, 0.6) is 17.2 Å². The van der Waals surface area contributed by atoms with Crippen LogP contribution >= 0.6 is 0 Å². The van der Waals surface area contributed by atoms with E-state index in [9.17, 15) is 20.4 Å². The molecule has 1 atom stereocenters. The molecule has 14 heavy (non-hydrogen) atoms. The van der Waals surface area contributed by atoms with Crippen LogP contribution in [0.1, 0.15) is 23.0 Å². The monoisotopic (exact) mass is 198 g/mol. The number of hydrogen-bond acceptors (Lipinski definition) is 5. The number of ether oxygens (including phenoxy) is 1. The zero-order valence-electron chi connectivity index (χ0n) is 7.48. The Morgan fingerprint density at radius 3 is 2.43 bits per heavy atom. The molecule has 0 saturated heterocycles. The number of aliphatic hydroxyl groups excluding tert-OH is 1. The first kappa shape index (κ1) is 9.11. The van der Waals surface area contributed by atoms with Crippen molar-refractivity contribution >= 4 is 0 Å². The Balaban J connectivity index is 2.77. The molecule has 5 heteroatoms. The number of phenolic OH excluding ortho intramolecular Hbond substituents is 3. The summed E-state index contributed by atoms with van der Waals surface area (Å²) in [5.74, 6) is -1.43. The van der Waals surface area contributed by atoms with Gasteiger partial charge < -0.3 is 25.2 Å². The van der Waals surface area contributed by atoms with E-state index >= 15 is 0 Å². The average molecular weight is 198 g/mol. The second-order valence-corrected chi connectivity index (χ2v) is 3.23. The fraction of sp³-hybridized carbons (Fsp3) is 0.333. The van der Waals surface area contributed by atoms with E-state index in [0.717, 1.165) is 0 Å². The molecular formula is C9H10O5. The van der Waals surface area contributed by atoms with Crippen LogP contribution in [-0.2, 0) is 11.3 Å². The molecule has 0 aromatic heterocycles. The molecule has 1 aliphatic rings. The second kappa shape index (κ2) is 2.76. The van der Waals surface area contributed by atoms with Gasteiger partial charge in [0.05, 0.1) is 6.61 Å². The van der Waals surface area contributed by atoms with E-state index in [1.165, 1.54) is 6.92 Å². The molecule has 1 aromatic carbocycles. The van der Waals surface area contributed by atoms with Gasteiger partial charge in [-0.15, -0.1) is 0 Å². The quantitative estimate of drug-likeness (QED) is 0.459. The minimum Gasteiger partial charge on any atom is -0.504 e. The van der Waals surface area contributed by atoms with E-state index in [1.807, 2.05) is 0 Å². The topological polar surface area (TPSA) is 90.2 Å².